The molecule has 0 atom stereocenters. The summed E-state index contributed by atoms with van der Waals surface area (Å²) >= 11 is 11.7. The monoisotopic (exact) mass is 363 g/mol. The van der Waals surface area contributed by atoms with Crippen LogP contribution in [0.15, 0.2) is 17.0 Å². The molecule has 2 N–H and O–H groups in total. The van der Waals surface area contributed by atoms with E-state index in [2.05, 4.69) is 9.46 Å². The molecule has 0 saturated heterocycles. The number of rotatable bonds is 8. The van der Waals surface area contributed by atoms with E-state index in [4.69, 9.17) is 28.3 Å². The Morgan fingerprint density at radius 1 is 1.33 bits per heavy atom. The fourth-order valence-corrected chi connectivity index (χ4v) is 3.34. The van der Waals surface area contributed by atoms with Gasteiger partial charge in [-0.2, -0.15) is 0 Å². The third kappa shape index (κ3) is 5.32. The molecule has 0 spiro atoms. The highest BCUT2D eigenvalue weighted by Crippen LogP contribution is 2.30. The van der Waals surface area contributed by atoms with Gasteiger partial charge in [0.05, 0.1) is 18.2 Å². The average molecular weight is 364 g/mol. The minimum absolute atomic E-state index is 0.0927. The molecule has 10 heteroatoms. The highest BCUT2D eigenvalue weighted by atomic mass is 35.5. The van der Waals surface area contributed by atoms with Crippen molar-refractivity contribution in [3.8, 4) is 0 Å². The summed E-state index contributed by atoms with van der Waals surface area (Å²) in [7, 11) is -3.96. The Bertz CT molecular complexity index is 584. The van der Waals surface area contributed by atoms with E-state index in [0.717, 1.165) is 0 Å². The zero-order valence-electron chi connectivity index (χ0n) is 10.7. The maximum atomic E-state index is 12.0. The normalized spacial score (nSPS) is 12.1. The number of aliphatic hydroxyl groups excluding tert-OH is 1. The van der Waals surface area contributed by atoms with Gasteiger partial charge in [-0.25, -0.2) is 21.9 Å². The van der Waals surface area contributed by atoms with E-state index < -0.39 is 29.7 Å². The second-order valence-electron chi connectivity index (χ2n) is 3.86. The molecule has 0 heterocycles. The molecule has 21 heavy (non-hydrogen) atoms. The van der Waals surface area contributed by atoms with Crippen LogP contribution in [-0.2, 0) is 21.4 Å². The van der Waals surface area contributed by atoms with Gasteiger partial charge in [-0.3, -0.25) is 0 Å². The minimum atomic E-state index is -3.96. The maximum Gasteiger partial charge on any atom is 0.261 e. The van der Waals surface area contributed by atoms with Gasteiger partial charge in [-0.15, -0.1) is 0 Å². The van der Waals surface area contributed by atoms with Gasteiger partial charge in [0.15, 0.2) is 0 Å². The second kappa shape index (κ2) is 8.21. The zero-order valence-corrected chi connectivity index (χ0v) is 13.0. The highest BCUT2D eigenvalue weighted by Gasteiger charge is 2.21. The van der Waals surface area contributed by atoms with Crippen molar-refractivity contribution < 1.29 is 27.0 Å². The summed E-state index contributed by atoms with van der Waals surface area (Å²) in [5, 5.41) is 9.06. The van der Waals surface area contributed by atoms with Gasteiger partial charge >= 0.3 is 0 Å². The Labute approximate surface area is 130 Å². The molecule has 120 valence electrons. The standard InChI is InChI=1S/C11H13Cl2F2NO4S/c12-8-1-2-9(11(13)7(8)5-17)21(18,19)16-3-4-20-6-10(14)15/h1-2,10,16-17H,3-6H2. The summed E-state index contributed by atoms with van der Waals surface area (Å²) in [5.41, 5.74) is 0.0927. The molecule has 0 unspecified atom stereocenters. The number of alkyl halides is 2. The molecule has 0 aliphatic rings. The molecule has 5 nitrogen and oxygen atoms in total. The smallest absolute Gasteiger partial charge is 0.261 e. The number of hydrogen-bond acceptors (Lipinski definition) is 4. The van der Waals surface area contributed by atoms with Crippen molar-refractivity contribution in [1.82, 2.24) is 4.72 Å². The molecule has 1 rings (SSSR count). The highest BCUT2D eigenvalue weighted by molar-refractivity contribution is 7.89. The van der Waals surface area contributed by atoms with Crippen LogP contribution in [-0.4, -0.2) is 39.7 Å². The number of sulfonamides is 1. The van der Waals surface area contributed by atoms with Crippen LogP contribution < -0.4 is 4.72 Å². The molecular weight excluding hydrogens is 351 g/mol. The van der Waals surface area contributed by atoms with Gasteiger partial charge in [0.2, 0.25) is 10.0 Å². The second-order valence-corrected chi connectivity index (χ2v) is 6.38. The summed E-state index contributed by atoms with van der Waals surface area (Å²) in [6.45, 7) is -1.68. The van der Waals surface area contributed by atoms with E-state index in [1.165, 1.54) is 12.1 Å². The number of nitrogens with one attached hydrogen (secondary N) is 1. The summed E-state index contributed by atoms with van der Waals surface area (Å²) < 4.78 is 54.4. The van der Waals surface area contributed by atoms with Gasteiger partial charge < -0.3 is 9.84 Å². The fraction of sp³-hybridized carbons (Fsp3) is 0.455. The Kier molecular flexibility index (Phi) is 7.25. The van der Waals surface area contributed by atoms with Crippen molar-refractivity contribution >= 4 is 33.2 Å². The first-order chi connectivity index (χ1) is 9.79. The zero-order chi connectivity index (χ0) is 16.0. The number of hydrogen-bond donors (Lipinski definition) is 2. The van der Waals surface area contributed by atoms with Gasteiger partial charge in [-0.1, -0.05) is 23.2 Å². The number of ether oxygens (including phenoxy) is 1. The average Bonchev–Trinajstić information content (AvgIpc) is 2.38. The van der Waals surface area contributed by atoms with Crippen molar-refractivity contribution in [3.05, 3.63) is 27.7 Å². The van der Waals surface area contributed by atoms with Gasteiger partial charge in [0, 0.05) is 17.1 Å². The van der Waals surface area contributed by atoms with Crippen molar-refractivity contribution in [3.63, 3.8) is 0 Å². The Morgan fingerprint density at radius 3 is 2.57 bits per heavy atom. The third-order valence-electron chi connectivity index (χ3n) is 2.38. The van der Waals surface area contributed by atoms with E-state index in [0.29, 0.717) is 0 Å². The fourth-order valence-electron chi connectivity index (χ4n) is 1.43. The van der Waals surface area contributed by atoms with Gasteiger partial charge in [-0.05, 0) is 12.1 Å². The predicted molar refractivity (Wildman–Crippen MR) is 74.4 cm³/mol. The molecular formula is C11H13Cl2F2NO4S. The van der Waals surface area contributed by atoms with E-state index in [1.54, 1.807) is 0 Å². The van der Waals surface area contributed by atoms with Crippen LogP contribution in [0.25, 0.3) is 0 Å². The van der Waals surface area contributed by atoms with Gasteiger partial charge in [0.1, 0.15) is 11.5 Å². The molecule has 1 aromatic carbocycles. The molecule has 0 aliphatic carbocycles. The minimum Gasteiger partial charge on any atom is -0.392 e. The number of benzene rings is 1. The van der Waals surface area contributed by atoms with Crippen molar-refractivity contribution in [2.45, 2.75) is 17.9 Å². The Balaban J connectivity index is 2.75. The third-order valence-corrected chi connectivity index (χ3v) is 4.78. The molecule has 0 aromatic heterocycles. The topological polar surface area (TPSA) is 75.6 Å². The molecule has 0 amide bonds. The van der Waals surface area contributed by atoms with Crippen molar-refractivity contribution in [2.24, 2.45) is 0 Å². The lowest BCUT2D eigenvalue weighted by atomic mass is 10.2. The SMILES string of the molecule is O=S(=O)(NCCOCC(F)F)c1ccc(Cl)c(CO)c1Cl. The Hall–Kier alpha value is -0.510. The first kappa shape index (κ1) is 18.5. The van der Waals surface area contributed by atoms with Crippen LogP contribution in [0.4, 0.5) is 8.78 Å². The lowest BCUT2D eigenvalue weighted by molar-refractivity contribution is 0.0199. The molecule has 0 fully saturated rings. The first-order valence-electron chi connectivity index (χ1n) is 5.73. The van der Waals surface area contributed by atoms with E-state index in [9.17, 15) is 17.2 Å². The summed E-state index contributed by atoms with van der Waals surface area (Å²) in [4.78, 5) is -0.258. The van der Waals surface area contributed by atoms with E-state index >= 15 is 0 Å². The largest absolute Gasteiger partial charge is 0.392 e. The molecule has 0 radical (unpaired) electrons. The summed E-state index contributed by atoms with van der Waals surface area (Å²) in [6.07, 6.45) is -2.61. The van der Waals surface area contributed by atoms with Crippen LogP contribution >= 0.6 is 23.2 Å². The number of aliphatic hydroxyl groups is 1. The molecule has 0 aliphatic heterocycles. The lowest BCUT2D eigenvalue weighted by Gasteiger charge is -2.11. The summed E-state index contributed by atoms with van der Waals surface area (Å²) in [6, 6.07) is 2.48. The van der Waals surface area contributed by atoms with Crippen LogP contribution in [0.2, 0.25) is 10.0 Å². The Morgan fingerprint density at radius 2 is 2.00 bits per heavy atom. The maximum absolute atomic E-state index is 12.0. The van der Waals surface area contributed by atoms with Crippen LogP contribution in [0.1, 0.15) is 5.56 Å². The van der Waals surface area contributed by atoms with E-state index in [1.807, 2.05) is 0 Å². The van der Waals surface area contributed by atoms with E-state index in [-0.39, 0.29) is 33.7 Å². The molecule has 0 saturated carbocycles. The number of halogens is 4. The summed E-state index contributed by atoms with van der Waals surface area (Å²) in [5.74, 6) is 0. The van der Waals surface area contributed by atoms with Crippen molar-refractivity contribution in [1.29, 1.82) is 0 Å². The van der Waals surface area contributed by atoms with Crippen molar-refractivity contribution in [2.75, 3.05) is 19.8 Å². The van der Waals surface area contributed by atoms with Gasteiger partial charge in [0.25, 0.3) is 6.43 Å². The molecule has 0 bridgehead atoms. The lowest BCUT2D eigenvalue weighted by Crippen LogP contribution is -2.28. The van der Waals surface area contributed by atoms with Crippen LogP contribution in [0, 0.1) is 0 Å². The first-order valence-corrected chi connectivity index (χ1v) is 7.96. The van der Waals surface area contributed by atoms with Crippen LogP contribution in [0.5, 0.6) is 0 Å². The molecule has 1 aromatic rings. The van der Waals surface area contributed by atoms with Crippen LogP contribution in [0.3, 0.4) is 0 Å². The quantitative estimate of drug-likeness (QED) is 0.693. The predicted octanol–water partition coefficient (Wildman–Crippen LogP) is 2.05.